The van der Waals surface area contributed by atoms with Gasteiger partial charge in [-0.1, -0.05) is 42.5 Å². The summed E-state index contributed by atoms with van der Waals surface area (Å²) in [4.78, 5) is 21.4. The minimum absolute atomic E-state index is 0.148. The van der Waals surface area contributed by atoms with Crippen molar-refractivity contribution in [1.82, 2.24) is 20.3 Å². The highest BCUT2D eigenvalue weighted by molar-refractivity contribution is 6.01. The molecule has 0 radical (unpaired) electrons. The van der Waals surface area contributed by atoms with E-state index in [1.807, 2.05) is 63.5 Å². The zero-order chi connectivity index (χ0) is 20.8. The lowest BCUT2D eigenvalue weighted by Gasteiger charge is -2.11. The highest BCUT2D eigenvalue weighted by atomic mass is 16.1. The number of rotatable bonds is 6. The Balaban J connectivity index is 1.83. The molecule has 0 saturated heterocycles. The van der Waals surface area contributed by atoms with Crippen LogP contribution in [0, 0.1) is 0 Å². The summed E-state index contributed by atoms with van der Waals surface area (Å²) in [5, 5.41) is 8.96. The first-order chi connectivity index (χ1) is 13.9. The van der Waals surface area contributed by atoms with Crippen LogP contribution < -0.4 is 11.1 Å². The van der Waals surface area contributed by atoms with Gasteiger partial charge in [0.15, 0.2) is 5.82 Å². The molecular weight excluding hydrogens is 364 g/mol. The minimum atomic E-state index is -0.148. The molecule has 0 fully saturated rings. The molecule has 0 aliphatic rings. The van der Waals surface area contributed by atoms with Gasteiger partial charge >= 0.3 is 0 Å². The van der Waals surface area contributed by atoms with Gasteiger partial charge in [0.2, 0.25) is 0 Å². The predicted molar refractivity (Wildman–Crippen MR) is 115 cm³/mol. The van der Waals surface area contributed by atoms with E-state index in [4.69, 9.17) is 5.73 Å². The number of nitrogens with two attached hydrogens (primary N) is 1. The summed E-state index contributed by atoms with van der Waals surface area (Å²) in [6, 6.07) is 17.1. The molecule has 1 amide bonds. The fraction of sp³-hybridized carbons (Fsp3) is 0.182. The molecule has 0 aliphatic heterocycles. The van der Waals surface area contributed by atoms with Gasteiger partial charge in [0.25, 0.3) is 5.91 Å². The lowest BCUT2D eigenvalue weighted by molar-refractivity contribution is 0.0951. The van der Waals surface area contributed by atoms with Gasteiger partial charge < -0.3 is 16.1 Å². The number of carbonyl (C=O) groups is 1. The SMILES string of the molecule is C/C(=N\N(C)C)c1nc(-c2cccc(C(=O)NCc3ccccc3)c2)cnc1N. The number of carbonyl (C=O) groups excluding carboxylic acids is 1. The van der Waals surface area contributed by atoms with E-state index in [-0.39, 0.29) is 5.91 Å². The molecule has 7 nitrogen and oxygen atoms in total. The summed E-state index contributed by atoms with van der Waals surface area (Å²) >= 11 is 0. The van der Waals surface area contributed by atoms with E-state index in [1.165, 1.54) is 0 Å². The Morgan fingerprint density at radius 2 is 1.90 bits per heavy atom. The first kappa shape index (κ1) is 20.0. The molecule has 3 rings (SSSR count). The van der Waals surface area contributed by atoms with Crippen molar-refractivity contribution in [2.24, 2.45) is 5.10 Å². The summed E-state index contributed by atoms with van der Waals surface area (Å²) in [6.07, 6.45) is 1.60. The summed E-state index contributed by atoms with van der Waals surface area (Å²) in [7, 11) is 3.66. The van der Waals surface area contributed by atoms with Gasteiger partial charge in [-0.2, -0.15) is 5.10 Å². The van der Waals surface area contributed by atoms with Crippen LogP contribution >= 0.6 is 0 Å². The van der Waals surface area contributed by atoms with Crippen molar-refractivity contribution in [1.29, 1.82) is 0 Å². The molecule has 2 aromatic carbocycles. The first-order valence-electron chi connectivity index (χ1n) is 9.22. The highest BCUT2D eigenvalue weighted by Crippen LogP contribution is 2.20. The maximum absolute atomic E-state index is 12.6. The molecule has 0 saturated carbocycles. The van der Waals surface area contributed by atoms with E-state index in [0.717, 1.165) is 11.1 Å². The second kappa shape index (κ2) is 8.97. The molecule has 3 aromatic rings. The molecule has 3 N–H and O–H groups in total. The van der Waals surface area contributed by atoms with Crippen molar-refractivity contribution in [3.8, 4) is 11.3 Å². The van der Waals surface area contributed by atoms with E-state index >= 15 is 0 Å². The lowest BCUT2D eigenvalue weighted by atomic mass is 10.1. The van der Waals surface area contributed by atoms with Gasteiger partial charge in [0.1, 0.15) is 5.69 Å². The van der Waals surface area contributed by atoms with Crippen LogP contribution in [0.3, 0.4) is 0 Å². The zero-order valence-electron chi connectivity index (χ0n) is 16.8. The fourth-order valence-electron chi connectivity index (χ4n) is 2.85. The Kier molecular flexibility index (Phi) is 6.19. The van der Waals surface area contributed by atoms with Crippen LogP contribution in [0.4, 0.5) is 5.82 Å². The van der Waals surface area contributed by atoms with Crippen molar-refractivity contribution < 1.29 is 4.79 Å². The van der Waals surface area contributed by atoms with Crippen molar-refractivity contribution in [2.75, 3.05) is 19.8 Å². The fourth-order valence-corrected chi connectivity index (χ4v) is 2.85. The van der Waals surface area contributed by atoms with Crippen molar-refractivity contribution in [2.45, 2.75) is 13.5 Å². The monoisotopic (exact) mass is 388 g/mol. The molecule has 0 aliphatic carbocycles. The number of nitrogens with one attached hydrogen (secondary N) is 1. The molecule has 0 spiro atoms. The van der Waals surface area contributed by atoms with E-state index in [9.17, 15) is 4.79 Å². The summed E-state index contributed by atoms with van der Waals surface area (Å²) in [5.41, 5.74) is 10.2. The number of hydrogen-bond donors (Lipinski definition) is 2. The van der Waals surface area contributed by atoms with Crippen molar-refractivity contribution in [3.05, 3.63) is 77.6 Å². The third-order valence-electron chi connectivity index (χ3n) is 4.21. The smallest absolute Gasteiger partial charge is 0.251 e. The van der Waals surface area contributed by atoms with Gasteiger partial charge in [0, 0.05) is 31.8 Å². The van der Waals surface area contributed by atoms with Crippen molar-refractivity contribution >= 4 is 17.4 Å². The predicted octanol–water partition coefficient (Wildman–Crippen LogP) is 2.94. The van der Waals surface area contributed by atoms with Gasteiger partial charge in [-0.3, -0.25) is 4.79 Å². The number of hydrazone groups is 1. The minimum Gasteiger partial charge on any atom is -0.382 e. The molecule has 148 valence electrons. The molecule has 29 heavy (non-hydrogen) atoms. The van der Waals surface area contributed by atoms with Crippen LogP contribution in [0.1, 0.15) is 28.5 Å². The Labute approximate surface area is 170 Å². The Morgan fingerprint density at radius 3 is 2.62 bits per heavy atom. The van der Waals surface area contributed by atoms with Crippen molar-refractivity contribution in [3.63, 3.8) is 0 Å². The van der Waals surface area contributed by atoms with Crippen LogP contribution in [0.25, 0.3) is 11.3 Å². The van der Waals surface area contributed by atoms with Gasteiger partial charge in [0.05, 0.1) is 17.6 Å². The van der Waals surface area contributed by atoms with E-state index in [1.54, 1.807) is 23.3 Å². The number of anilines is 1. The number of hydrogen-bond acceptors (Lipinski definition) is 6. The maximum Gasteiger partial charge on any atom is 0.251 e. The maximum atomic E-state index is 12.6. The number of amides is 1. The normalized spacial score (nSPS) is 11.2. The average molecular weight is 388 g/mol. The van der Waals surface area contributed by atoms with Crippen LogP contribution in [0.15, 0.2) is 65.9 Å². The number of aromatic nitrogens is 2. The third kappa shape index (κ3) is 5.16. The number of nitrogens with zero attached hydrogens (tertiary/aromatic N) is 4. The number of nitrogen functional groups attached to an aromatic ring is 1. The van der Waals surface area contributed by atoms with Gasteiger partial charge in [-0.25, -0.2) is 9.97 Å². The van der Waals surface area contributed by atoms with E-state index in [2.05, 4.69) is 20.4 Å². The molecule has 1 heterocycles. The van der Waals surface area contributed by atoms with Crippen LogP contribution in [0.2, 0.25) is 0 Å². The molecule has 0 atom stereocenters. The molecule has 1 aromatic heterocycles. The molecule has 7 heteroatoms. The molecule has 0 unspecified atom stereocenters. The summed E-state index contributed by atoms with van der Waals surface area (Å²) < 4.78 is 0. The molecule has 0 bridgehead atoms. The molecular formula is C22H24N6O. The standard InChI is InChI=1S/C22H24N6O/c1-15(27-28(2)3)20-21(23)24-14-19(26-20)17-10-7-11-18(12-17)22(29)25-13-16-8-5-4-6-9-16/h4-12,14H,13H2,1-3H3,(H2,23,24)(H,25,29)/b27-15+. The Bertz CT molecular complexity index is 1030. The zero-order valence-corrected chi connectivity index (χ0v) is 16.8. The average Bonchev–Trinajstić information content (AvgIpc) is 2.72. The third-order valence-corrected chi connectivity index (χ3v) is 4.21. The topological polar surface area (TPSA) is 96.5 Å². The van der Waals surface area contributed by atoms with E-state index < -0.39 is 0 Å². The first-order valence-corrected chi connectivity index (χ1v) is 9.22. The largest absolute Gasteiger partial charge is 0.382 e. The quantitative estimate of drug-likeness (QED) is 0.500. The van der Waals surface area contributed by atoms with Crippen LogP contribution in [-0.2, 0) is 6.54 Å². The Hall–Kier alpha value is -3.74. The van der Waals surface area contributed by atoms with Gasteiger partial charge in [-0.05, 0) is 24.6 Å². The Morgan fingerprint density at radius 1 is 1.14 bits per heavy atom. The van der Waals surface area contributed by atoms with Gasteiger partial charge in [-0.15, -0.1) is 0 Å². The second-order valence-electron chi connectivity index (χ2n) is 6.77. The summed E-state index contributed by atoms with van der Waals surface area (Å²) in [6.45, 7) is 2.30. The second-order valence-corrected chi connectivity index (χ2v) is 6.77. The van der Waals surface area contributed by atoms with Crippen LogP contribution in [0.5, 0.6) is 0 Å². The number of benzene rings is 2. The lowest BCUT2D eigenvalue weighted by Crippen LogP contribution is -2.22. The van der Waals surface area contributed by atoms with E-state index in [0.29, 0.717) is 35.0 Å². The summed E-state index contributed by atoms with van der Waals surface area (Å²) in [5.74, 6) is 0.165. The van der Waals surface area contributed by atoms with Crippen LogP contribution in [-0.4, -0.2) is 40.7 Å². The highest BCUT2D eigenvalue weighted by Gasteiger charge is 2.12.